The first-order valence-corrected chi connectivity index (χ1v) is 8.90. The van der Waals surface area contributed by atoms with Gasteiger partial charge in [-0.3, -0.25) is 4.79 Å². The van der Waals surface area contributed by atoms with E-state index < -0.39 is 11.5 Å². The fourth-order valence-corrected chi connectivity index (χ4v) is 3.28. The van der Waals surface area contributed by atoms with Crippen molar-refractivity contribution in [1.82, 2.24) is 5.32 Å². The normalized spacial score (nSPS) is 26.3. The standard InChI is InChI=1S/C17H34N2O2/c18-14-10-9-13-17(16(20)21)12-8-6-4-2-1-3-5-7-11-15-19-17/h19H,1-15,18H2,(H,20,21)/t17-/m0/s1. The molecule has 4 nitrogen and oxygen atoms in total. The van der Waals surface area contributed by atoms with Crippen molar-refractivity contribution in [2.24, 2.45) is 5.73 Å². The molecule has 0 aromatic heterocycles. The minimum atomic E-state index is -0.719. The molecule has 4 heteroatoms. The molecule has 1 atom stereocenters. The van der Waals surface area contributed by atoms with E-state index in [-0.39, 0.29) is 0 Å². The first-order chi connectivity index (χ1) is 10.2. The molecule has 1 heterocycles. The molecule has 0 unspecified atom stereocenters. The maximum Gasteiger partial charge on any atom is 0.323 e. The van der Waals surface area contributed by atoms with Crippen LogP contribution in [0, 0.1) is 0 Å². The molecule has 124 valence electrons. The van der Waals surface area contributed by atoms with Crippen LogP contribution >= 0.6 is 0 Å². The molecule has 1 saturated heterocycles. The molecule has 1 rings (SSSR count). The number of unbranched alkanes of at least 4 members (excludes halogenated alkanes) is 1. The second kappa shape index (κ2) is 11.0. The van der Waals surface area contributed by atoms with Gasteiger partial charge in [-0.25, -0.2) is 0 Å². The molecule has 0 saturated carbocycles. The average molecular weight is 298 g/mol. The number of aliphatic carboxylic acids is 1. The number of rotatable bonds is 5. The molecule has 4 N–H and O–H groups in total. The summed E-state index contributed by atoms with van der Waals surface area (Å²) in [5.41, 5.74) is 4.83. The maximum absolute atomic E-state index is 11.9. The number of carboxylic acids is 1. The summed E-state index contributed by atoms with van der Waals surface area (Å²) in [6.07, 6.45) is 14.3. The minimum absolute atomic E-state index is 0.649. The summed E-state index contributed by atoms with van der Waals surface area (Å²) in [4.78, 5) is 11.9. The number of nitrogens with one attached hydrogen (secondary N) is 1. The van der Waals surface area contributed by atoms with Crippen molar-refractivity contribution in [3.8, 4) is 0 Å². The van der Waals surface area contributed by atoms with Crippen LogP contribution in [-0.2, 0) is 4.79 Å². The summed E-state index contributed by atoms with van der Waals surface area (Å²) < 4.78 is 0. The molecule has 1 fully saturated rings. The highest BCUT2D eigenvalue weighted by Gasteiger charge is 2.36. The van der Waals surface area contributed by atoms with E-state index in [1.807, 2.05) is 0 Å². The third-order valence-corrected chi connectivity index (χ3v) is 4.71. The largest absolute Gasteiger partial charge is 0.480 e. The Morgan fingerprint density at radius 1 is 0.952 bits per heavy atom. The van der Waals surface area contributed by atoms with Crippen molar-refractivity contribution in [2.45, 2.75) is 89.0 Å². The second-order valence-corrected chi connectivity index (χ2v) is 6.49. The van der Waals surface area contributed by atoms with E-state index in [4.69, 9.17) is 5.73 Å². The van der Waals surface area contributed by atoms with E-state index in [0.717, 1.165) is 45.1 Å². The van der Waals surface area contributed by atoms with Crippen molar-refractivity contribution >= 4 is 5.97 Å². The first kappa shape index (κ1) is 18.4. The zero-order chi connectivity index (χ0) is 15.4. The summed E-state index contributed by atoms with van der Waals surface area (Å²) in [7, 11) is 0. The van der Waals surface area contributed by atoms with E-state index >= 15 is 0 Å². The second-order valence-electron chi connectivity index (χ2n) is 6.49. The topological polar surface area (TPSA) is 75.4 Å². The van der Waals surface area contributed by atoms with E-state index in [9.17, 15) is 9.90 Å². The zero-order valence-electron chi connectivity index (χ0n) is 13.5. The third-order valence-electron chi connectivity index (χ3n) is 4.71. The summed E-state index contributed by atoms with van der Waals surface area (Å²) in [5.74, 6) is -0.672. The fraction of sp³-hybridized carbons (Fsp3) is 0.941. The highest BCUT2D eigenvalue weighted by Crippen LogP contribution is 2.24. The van der Waals surface area contributed by atoms with Crippen LogP contribution in [0.2, 0.25) is 0 Å². The molecule has 0 spiro atoms. The smallest absolute Gasteiger partial charge is 0.323 e. The van der Waals surface area contributed by atoms with Crippen molar-refractivity contribution in [1.29, 1.82) is 0 Å². The maximum atomic E-state index is 11.9. The molecule has 1 aliphatic rings. The van der Waals surface area contributed by atoms with Crippen molar-refractivity contribution in [3.05, 3.63) is 0 Å². The Bertz CT molecular complexity index is 268. The Hall–Kier alpha value is -0.610. The summed E-state index contributed by atoms with van der Waals surface area (Å²) in [5, 5.41) is 13.1. The number of hydrogen-bond donors (Lipinski definition) is 3. The summed E-state index contributed by atoms with van der Waals surface area (Å²) >= 11 is 0. The van der Waals surface area contributed by atoms with E-state index in [1.54, 1.807) is 0 Å². The number of nitrogens with two attached hydrogens (primary N) is 1. The highest BCUT2D eigenvalue weighted by molar-refractivity contribution is 5.78. The Morgan fingerprint density at radius 2 is 1.52 bits per heavy atom. The molecule has 0 radical (unpaired) electrons. The van der Waals surface area contributed by atoms with Gasteiger partial charge in [0.15, 0.2) is 0 Å². The molecular formula is C17H34N2O2. The zero-order valence-corrected chi connectivity index (χ0v) is 13.5. The van der Waals surface area contributed by atoms with E-state index in [2.05, 4.69) is 5.32 Å². The predicted molar refractivity (Wildman–Crippen MR) is 87.4 cm³/mol. The van der Waals surface area contributed by atoms with Gasteiger partial charge in [0.25, 0.3) is 0 Å². The van der Waals surface area contributed by atoms with Crippen LogP contribution < -0.4 is 11.1 Å². The van der Waals surface area contributed by atoms with Crippen LogP contribution in [0.25, 0.3) is 0 Å². The Kier molecular flexibility index (Phi) is 9.68. The van der Waals surface area contributed by atoms with Crippen molar-refractivity contribution < 1.29 is 9.90 Å². The van der Waals surface area contributed by atoms with Crippen LogP contribution in [0.3, 0.4) is 0 Å². The minimum Gasteiger partial charge on any atom is -0.480 e. The first-order valence-electron chi connectivity index (χ1n) is 8.90. The Morgan fingerprint density at radius 3 is 2.10 bits per heavy atom. The molecule has 0 amide bonds. The molecule has 0 aromatic rings. The number of hydrogen-bond acceptors (Lipinski definition) is 3. The highest BCUT2D eigenvalue weighted by atomic mass is 16.4. The van der Waals surface area contributed by atoms with Crippen molar-refractivity contribution in [3.63, 3.8) is 0 Å². The van der Waals surface area contributed by atoms with E-state index in [0.29, 0.717) is 13.0 Å². The van der Waals surface area contributed by atoms with Gasteiger partial charge in [0.05, 0.1) is 0 Å². The van der Waals surface area contributed by atoms with Crippen LogP contribution in [0.1, 0.15) is 83.5 Å². The van der Waals surface area contributed by atoms with Gasteiger partial charge in [0, 0.05) is 0 Å². The van der Waals surface area contributed by atoms with Gasteiger partial charge in [-0.15, -0.1) is 0 Å². The van der Waals surface area contributed by atoms with Gasteiger partial charge in [-0.05, 0) is 45.2 Å². The van der Waals surface area contributed by atoms with Gasteiger partial charge >= 0.3 is 5.97 Å². The number of carboxylic acid groups (broad SMARTS) is 1. The van der Waals surface area contributed by atoms with Gasteiger partial charge in [-0.2, -0.15) is 0 Å². The lowest BCUT2D eigenvalue weighted by Gasteiger charge is -2.31. The van der Waals surface area contributed by atoms with Gasteiger partial charge < -0.3 is 16.2 Å². The van der Waals surface area contributed by atoms with Gasteiger partial charge in [0.2, 0.25) is 0 Å². The Labute approximate surface area is 129 Å². The van der Waals surface area contributed by atoms with Crippen LogP contribution in [0.4, 0.5) is 0 Å². The lowest BCUT2D eigenvalue weighted by atomic mass is 9.86. The molecule has 1 aliphatic heterocycles. The lowest BCUT2D eigenvalue weighted by molar-refractivity contribution is -0.145. The number of carbonyl (C=O) groups is 1. The Balaban J connectivity index is 2.60. The van der Waals surface area contributed by atoms with E-state index in [1.165, 1.54) is 38.5 Å². The molecular weight excluding hydrogens is 264 g/mol. The quantitative estimate of drug-likeness (QED) is 0.680. The van der Waals surface area contributed by atoms with Crippen LogP contribution in [-0.4, -0.2) is 29.7 Å². The van der Waals surface area contributed by atoms with Crippen molar-refractivity contribution in [2.75, 3.05) is 13.1 Å². The average Bonchev–Trinajstić information content (AvgIpc) is 2.49. The predicted octanol–water partition coefficient (Wildman–Crippen LogP) is 3.44. The van der Waals surface area contributed by atoms with Crippen LogP contribution in [0.5, 0.6) is 0 Å². The van der Waals surface area contributed by atoms with Crippen LogP contribution in [0.15, 0.2) is 0 Å². The van der Waals surface area contributed by atoms with Gasteiger partial charge in [-0.1, -0.05) is 51.4 Å². The molecule has 0 aromatic carbocycles. The third kappa shape index (κ3) is 7.28. The molecule has 0 aliphatic carbocycles. The summed E-state index contributed by atoms with van der Waals surface area (Å²) in [6, 6.07) is 0. The molecule has 21 heavy (non-hydrogen) atoms. The fourth-order valence-electron chi connectivity index (χ4n) is 3.28. The van der Waals surface area contributed by atoms with Gasteiger partial charge in [0.1, 0.15) is 5.54 Å². The summed E-state index contributed by atoms with van der Waals surface area (Å²) in [6.45, 7) is 1.48. The molecule has 0 bridgehead atoms. The SMILES string of the molecule is NCCCC[C@]1(C(=O)O)CCCCCCCCCCCN1. The lowest BCUT2D eigenvalue weighted by Crippen LogP contribution is -2.52. The monoisotopic (exact) mass is 298 g/mol.